The van der Waals surface area contributed by atoms with Gasteiger partial charge in [-0.15, -0.1) is 0 Å². The van der Waals surface area contributed by atoms with E-state index in [0.29, 0.717) is 0 Å². The summed E-state index contributed by atoms with van der Waals surface area (Å²) in [5.41, 5.74) is -0.635. The highest BCUT2D eigenvalue weighted by Crippen LogP contribution is 2.27. The van der Waals surface area contributed by atoms with Gasteiger partial charge in [-0.25, -0.2) is 0 Å². The zero-order valence-corrected chi connectivity index (χ0v) is 8.59. The van der Waals surface area contributed by atoms with Crippen LogP contribution in [-0.2, 0) is 4.79 Å². The van der Waals surface area contributed by atoms with Gasteiger partial charge < -0.3 is 10.0 Å². The average Bonchev–Trinajstić information content (AvgIpc) is 2.01. The van der Waals surface area contributed by atoms with E-state index in [-0.39, 0.29) is 18.4 Å². The highest BCUT2D eigenvalue weighted by molar-refractivity contribution is 5.82. The summed E-state index contributed by atoms with van der Waals surface area (Å²) >= 11 is 0. The molecular formula is C9H19NO2. The first-order valence-corrected chi connectivity index (χ1v) is 4.19. The molecular weight excluding hydrogens is 154 g/mol. The Morgan fingerprint density at radius 3 is 2.00 bits per heavy atom. The molecule has 1 N–H and O–H groups in total. The Kier molecular flexibility index (Phi) is 3.71. The number of rotatable bonds is 3. The van der Waals surface area contributed by atoms with Crippen LogP contribution in [0.25, 0.3) is 0 Å². The molecule has 0 aromatic rings. The minimum absolute atomic E-state index is 0.0139. The molecule has 0 aromatic heterocycles. The maximum absolute atomic E-state index is 11.6. The Labute approximate surface area is 74.4 Å². The van der Waals surface area contributed by atoms with Crippen LogP contribution in [0.15, 0.2) is 0 Å². The van der Waals surface area contributed by atoms with Gasteiger partial charge in [0.15, 0.2) is 0 Å². The van der Waals surface area contributed by atoms with Crippen LogP contribution in [-0.4, -0.2) is 36.6 Å². The zero-order valence-electron chi connectivity index (χ0n) is 8.59. The number of nitrogens with zero attached hydrogens (tertiary/aromatic N) is 1. The third-order valence-electron chi connectivity index (χ3n) is 2.50. The van der Waals surface area contributed by atoms with Crippen molar-refractivity contribution in [2.45, 2.75) is 20.8 Å². The summed E-state index contributed by atoms with van der Waals surface area (Å²) in [6.07, 6.45) is 0. The molecule has 12 heavy (non-hydrogen) atoms. The maximum Gasteiger partial charge on any atom is 0.230 e. The predicted molar refractivity (Wildman–Crippen MR) is 48.7 cm³/mol. The first kappa shape index (κ1) is 11.4. The maximum atomic E-state index is 11.6. The number of hydrogen-bond acceptors (Lipinski definition) is 2. The number of aliphatic hydroxyl groups excluding tert-OH is 1. The molecule has 0 saturated heterocycles. The van der Waals surface area contributed by atoms with Gasteiger partial charge in [0.05, 0.1) is 12.0 Å². The molecule has 3 heteroatoms. The summed E-state index contributed by atoms with van der Waals surface area (Å²) in [4.78, 5) is 13.1. The highest BCUT2D eigenvalue weighted by Gasteiger charge is 2.36. The minimum Gasteiger partial charge on any atom is -0.395 e. The van der Waals surface area contributed by atoms with E-state index in [0.717, 1.165) is 0 Å². The number of aliphatic hydroxyl groups is 1. The fourth-order valence-electron chi connectivity index (χ4n) is 1.01. The van der Waals surface area contributed by atoms with Gasteiger partial charge in [0.1, 0.15) is 0 Å². The molecule has 0 aliphatic heterocycles. The normalized spacial score (nSPS) is 15.9. The molecule has 72 valence electrons. The lowest BCUT2D eigenvalue weighted by molar-refractivity contribution is -0.143. The van der Waals surface area contributed by atoms with Crippen molar-refractivity contribution >= 4 is 5.91 Å². The molecule has 0 aliphatic carbocycles. The first-order chi connectivity index (χ1) is 5.36. The monoisotopic (exact) mass is 173 g/mol. The van der Waals surface area contributed by atoms with Crippen LogP contribution < -0.4 is 0 Å². The molecule has 3 nitrogen and oxygen atoms in total. The molecule has 0 rings (SSSR count). The van der Waals surface area contributed by atoms with E-state index in [1.807, 2.05) is 13.8 Å². The van der Waals surface area contributed by atoms with Gasteiger partial charge in [0, 0.05) is 14.1 Å². The van der Waals surface area contributed by atoms with Crippen molar-refractivity contribution in [2.75, 3.05) is 20.7 Å². The Balaban J connectivity index is 4.64. The van der Waals surface area contributed by atoms with Crippen molar-refractivity contribution in [3.8, 4) is 0 Å². The lowest BCUT2D eigenvalue weighted by atomic mass is 9.79. The predicted octanol–water partition coefficient (Wildman–Crippen LogP) is 0.729. The number of amides is 1. The van der Waals surface area contributed by atoms with Crippen molar-refractivity contribution in [1.82, 2.24) is 4.90 Å². The van der Waals surface area contributed by atoms with Gasteiger partial charge in [0.2, 0.25) is 5.91 Å². The summed E-state index contributed by atoms with van der Waals surface area (Å²) in [5, 5.41) is 9.13. The van der Waals surface area contributed by atoms with E-state index in [2.05, 4.69) is 0 Å². The summed E-state index contributed by atoms with van der Waals surface area (Å²) in [7, 11) is 3.41. The fourth-order valence-corrected chi connectivity index (χ4v) is 1.01. The van der Waals surface area contributed by atoms with Gasteiger partial charge >= 0.3 is 0 Å². The fraction of sp³-hybridized carbons (Fsp3) is 0.889. The molecule has 0 bridgehead atoms. The van der Waals surface area contributed by atoms with E-state index in [9.17, 15) is 4.79 Å². The van der Waals surface area contributed by atoms with Gasteiger partial charge in [-0.3, -0.25) is 4.79 Å². The molecule has 0 fully saturated rings. The van der Waals surface area contributed by atoms with E-state index in [1.165, 1.54) is 4.90 Å². The summed E-state index contributed by atoms with van der Waals surface area (Å²) < 4.78 is 0. The largest absolute Gasteiger partial charge is 0.395 e. The number of carbonyl (C=O) groups is 1. The average molecular weight is 173 g/mol. The van der Waals surface area contributed by atoms with Crippen molar-refractivity contribution in [2.24, 2.45) is 11.3 Å². The van der Waals surface area contributed by atoms with Gasteiger partial charge in [-0.05, 0) is 12.8 Å². The van der Waals surface area contributed by atoms with Crippen LogP contribution in [0.3, 0.4) is 0 Å². The molecule has 1 atom stereocenters. The highest BCUT2D eigenvalue weighted by atomic mass is 16.3. The van der Waals surface area contributed by atoms with E-state index < -0.39 is 5.41 Å². The Morgan fingerprint density at radius 1 is 1.50 bits per heavy atom. The third-order valence-corrected chi connectivity index (χ3v) is 2.50. The molecule has 0 aromatic carbocycles. The van der Waals surface area contributed by atoms with Crippen LogP contribution in [0.1, 0.15) is 20.8 Å². The van der Waals surface area contributed by atoms with Crippen LogP contribution in [0.4, 0.5) is 0 Å². The smallest absolute Gasteiger partial charge is 0.230 e. The Bertz CT molecular complexity index is 166. The molecule has 0 heterocycles. The Morgan fingerprint density at radius 2 is 1.92 bits per heavy atom. The van der Waals surface area contributed by atoms with E-state index >= 15 is 0 Å². The van der Waals surface area contributed by atoms with Crippen molar-refractivity contribution < 1.29 is 9.90 Å². The van der Waals surface area contributed by atoms with Crippen LogP contribution in [0.5, 0.6) is 0 Å². The Hall–Kier alpha value is -0.570. The van der Waals surface area contributed by atoms with Gasteiger partial charge in [0.25, 0.3) is 0 Å². The third kappa shape index (κ3) is 1.97. The van der Waals surface area contributed by atoms with E-state index in [4.69, 9.17) is 5.11 Å². The van der Waals surface area contributed by atoms with Gasteiger partial charge in [-0.2, -0.15) is 0 Å². The van der Waals surface area contributed by atoms with Gasteiger partial charge in [-0.1, -0.05) is 13.8 Å². The SMILES string of the molecule is CC(C)C(C)(CO)C(=O)N(C)C. The summed E-state index contributed by atoms with van der Waals surface area (Å²) in [6.45, 7) is 5.58. The number of carbonyl (C=O) groups excluding carboxylic acids is 1. The topological polar surface area (TPSA) is 40.5 Å². The lowest BCUT2D eigenvalue weighted by Gasteiger charge is -2.32. The van der Waals surface area contributed by atoms with E-state index in [1.54, 1.807) is 21.0 Å². The second kappa shape index (κ2) is 3.90. The molecule has 0 aliphatic rings. The van der Waals surface area contributed by atoms with Crippen LogP contribution in [0.2, 0.25) is 0 Å². The molecule has 0 radical (unpaired) electrons. The second-order valence-electron chi connectivity index (χ2n) is 3.93. The minimum atomic E-state index is -0.635. The van der Waals surface area contributed by atoms with Crippen molar-refractivity contribution in [3.63, 3.8) is 0 Å². The quantitative estimate of drug-likeness (QED) is 0.683. The number of hydrogen-bond donors (Lipinski definition) is 1. The summed E-state index contributed by atoms with van der Waals surface area (Å²) in [6, 6.07) is 0. The zero-order chi connectivity index (χ0) is 9.94. The van der Waals surface area contributed by atoms with Crippen molar-refractivity contribution in [1.29, 1.82) is 0 Å². The molecule has 0 saturated carbocycles. The van der Waals surface area contributed by atoms with Crippen molar-refractivity contribution in [3.05, 3.63) is 0 Å². The molecule has 0 spiro atoms. The van der Waals surface area contributed by atoms with Crippen LogP contribution >= 0.6 is 0 Å². The van der Waals surface area contributed by atoms with Crippen LogP contribution in [0, 0.1) is 11.3 Å². The molecule has 1 unspecified atom stereocenters. The first-order valence-electron chi connectivity index (χ1n) is 4.19. The second-order valence-corrected chi connectivity index (χ2v) is 3.93. The standard InChI is InChI=1S/C9H19NO2/c1-7(2)9(3,6-11)8(12)10(4)5/h7,11H,6H2,1-5H3. The lowest BCUT2D eigenvalue weighted by Crippen LogP contribution is -2.44. The molecule has 1 amide bonds. The summed E-state index contributed by atoms with van der Waals surface area (Å²) in [5.74, 6) is 0.136.